The standard InChI is InChI=1S/C17H29N5O3/c1-4-5-6-7-8-9-11-22-13-14(19-16(22)18-10-12-25-3)21(2)17(24)20-15(13)23/h4-12H2,1-3H3,(H,18,19)(H,20,23,24). The Hall–Kier alpha value is -2.09. The third kappa shape index (κ3) is 4.72. The molecule has 2 rings (SSSR count). The fourth-order valence-electron chi connectivity index (χ4n) is 2.90. The Morgan fingerprint density at radius 3 is 2.60 bits per heavy atom. The van der Waals surface area contributed by atoms with E-state index in [1.54, 1.807) is 14.2 Å². The number of H-pyrrole nitrogens is 1. The van der Waals surface area contributed by atoms with Gasteiger partial charge in [0.1, 0.15) is 0 Å². The number of nitrogens with one attached hydrogen (secondary N) is 2. The molecule has 140 valence electrons. The SMILES string of the molecule is CCCCCCCCn1c(NCCOC)nc2c1c(=O)[nH]c(=O)n2C. The van der Waals surface area contributed by atoms with Crippen molar-refractivity contribution in [3.05, 3.63) is 20.8 Å². The van der Waals surface area contributed by atoms with Crippen LogP contribution in [-0.2, 0) is 18.3 Å². The first-order valence-electron chi connectivity index (χ1n) is 9.02. The van der Waals surface area contributed by atoms with Crippen molar-refractivity contribution in [2.75, 3.05) is 25.6 Å². The van der Waals surface area contributed by atoms with E-state index < -0.39 is 11.2 Å². The van der Waals surface area contributed by atoms with Crippen LogP contribution in [0.1, 0.15) is 45.4 Å². The fourth-order valence-corrected chi connectivity index (χ4v) is 2.90. The maximum atomic E-state index is 12.3. The van der Waals surface area contributed by atoms with E-state index in [-0.39, 0.29) is 0 Å². The van der Waals surface area contributed by atoms with Crippen LogP contribution < -0.4 is 16.6 Å². The van der Waals surface area contributed by atoms with E-state index in [1.807, 2.05) is 4.57 Å². The van der Waals surface area contributed by atoms with Crippen molar-refractivity contribution in [1.29, 1.82) is 0 Å². The molecular formula is C17H29N5O3. The Kier molecular flexibility index (Phi) is 7.24. The van der Waals surface area contributed by atoms with Gasteiger partial charge in [-0.05, 0) is 6.42 Å². The first-order chi connectivity index (χ1) is 12.1. The summed E-state index contributed by atoms with van der Waals surface area (Å²) in [5, 5.41) is 3.20. The molecule has 0 fully saturated rings. The quantitative estimate of drug-likeness (QED) is 0.603. The Bertz CT molecular complexity index is 790. The Labute approximate surface area is 147 Å². The number of imidazole rings is 1. The molecule has 8 nitrogen and oxygen atoms in total. The van der Waals surface area contributed by atoms with Crippen LogP contribution in [0, 0.1) is 0 Å². The van der Waals surface area contributed by atoms with Crippen molar-refractivity contribution in [2.45, 2.75) is 52.0 Å². The van der Waals surface area contributed by atoms with Gasteiger partial charge in [0.25, 0.3) is 5.56 Å². The lowest BCUT2D eigenvalue weighted by atomic mass is 10.1. The Morgan fingerprint density at radius 2 is 1.88 bits per heavy atom. The highest BCUT2D eigenvalue weighted by atomic mass is 16.5. The smallest absolute Gasteiger partial charge is 0.329 e. The molecule has 2 heterocycles. The molecule has 2 aromatic heterocycles. The molecular weight excluding hydrogens is 322 g/mol. The fraction of sp³-hybridized carbons (Fsp3) is 0.706. The van der Waals surface area contributed by atoms with E-state index in [1.165, 1.54) is 30.3 Å². The largest absolute Gasteiger partial charge is 0.383 e. The van der Waals surface area contributed by atoms with E-state index in [0.29, 0.717) is 36.8 Å². The molecule has 0 amide bonds. The summed E-state index contributed by atoms with van der Waals surface area (Å²) in [5.74, 6) is 0.604. The summed E-state index contributed by atoms with van der Waals surface area (Å²) in [7, 11) is 3.25. The van der Waals surface area contributed by atoms with Crippen molar-refractivity contribution < 1.29 is 4.74 Å². The first kappa shape index (κ1) is 19.2. The number of unbranched alkanes of at least 4 members (excludes halogenated alkanes) is 5. The number of anilines is 1. The minimum atomic E-state index is -0.454. The van der Waals surface area contributed by atoms with E-state index in [4.69, 9.17) is 4.74 Å². The Morgan fingerprint density at radius 1 is 1.16 bits per heavy atom. The zero-order chi connectivity index (χ0) is 18.2. The topological polar surface area (TPSA) is 93.9 Å². The van der Waals surface area contributed by atoms with Gasteiger partial charge in [-0.2, -0.15) is 4.98 Å². The van der Waals surface area contributed by atoms with E-state index in [2.05, 4.69) is 22.2 Å². The zero-order valence-corrected chi connectivity index (χ0v) is 15.4. The van der Waals surface area contributed by atoms with Crippen molar-refractivity contribution >= 4 is 17.1 Å². The summed E-state index contributed by atoms with van der Waals surface area (Å²) in [6.07, 6.45) is 7.01. The molecule has 25 heavy (non-hydrogen) atoms. The highest BCUT2D eigenvalue weighted by Crippen LogP contribution is 2.17. The first-order valence-corrected chi connectivity index (χ1v) is 9.02. The molecule has 8 heteroatoms. The molecule has 0 aliphatic heterocycles. The van der Waals surface area contributed by atoms with Crippen LogP contribution in [0.4, 0.5) is 5.95 Å². The summed E-state index contributed by atoms with van der Waals surface area (Å²) in [5.41, 5.74) is -0.00300. The summed E-state index contributed by atoms with van der Waals surface area (Å²) in [4.78, 5) is 31.0. The van der Waals surface area contributed by atoms with Gasteiger partial charge in [-0.15, -0.1) is 0 Å². The second-order valence-corrected chi connectivity index (χ2v) is 6.26. The van der Waals surface area contributed by atoms with Gasteiger partial charge < -0.3 is 14.6 Å². The van der Waals surface area contributed by atoms with Crippen LogP contribution >= 0.6 is 0 Å². The predicted molar refractivity (Wildman–Crippen MR) is 99.3 cm³/mol. The molecule has 0 aliphatic rings. The van der Waals surface area contributed by atoms with E-state index >= 15 is 0 Å². The van der Waals surface area contributed by atoms with Crippen LogP contribution in [0.2, 0.25) is 0 Å². The number of aromatic amines is 1. The molecule has 0 bridgehead atoms. The Balaban J connectivity index is 2.24. The van der Waals surface area contributed by atoms with Crippen molar-refractivity contribution in [3.8, 4) is 0 Å². The molecule has 2 N–H and O–H groups in total. The number of rotatable bonds is 11. The summed E-state index contributed by atoms with van der Waals surface area (Å²) in [6.45, 7) is 4.02. The average molecular weight is 351 g/mol. The third-order valence-electron chi connectivity index (χ3n) is 4.33. The van der Waals surface area contributed by atoms with Crippen molar-refractivity contribution in [3.63, 3.8) is 0 Å². The van der Waals surface area contributed by atoms with Gasteiger partial charge >= 0.3 is 5.69 Å². The number of nitrogens with zero attached hydrogens (tertiary/aromatic N) is 3. The van der Waals surface area contributed by atoms with Gasteiger partial charge in [-0.1, -0.05) is 39.0 Å². The van der Waals surface area contributed by atoms with Crippen molar-refractivity contribution in [2.24, 2.45) is 7.05 Å². The monoisotopic (exact) mass is 351 g/mol. The maximum Gasteiger partial charge on any atom is 0.329 e. The van der Waals surface area contributed by atoms with Crippen molar-refractivity contribution in [1.82, 2.24) is 19.1 Å². The van der Waals surface area contributed by atoms with Gasteiger partial charge in [0, 0.05) is 27.2 Å². The van der Waals surface area contributed by atoms with Gasteiger partial charge in [-0.3, -0.25) is 14.3 Å². The second kappa shape index (κ2) is 9.41. The minimum Gasteiger partial charge on any atom is -0.383 e. The van der Waals surface area contributed by atoms with Crippen LogP contribution in [0.25, 0.3) is 11.2 Å². The highest BCUT2D eigenvalue weighted by molar-refractivity contribution is 5.74. The molecule has 0 atom stereocenters. The number of aromatic nitrogens is 4. The van der Waals surface area contributed by atoms with Gasteiger partial charge in [0.2, 0.25) is 5.95 Å². The van der Waals surface area contributed by atoms with Crippen LogP contribution in [0.15, 0.2) is 9.59 Å². The zero-order valence-electron chi connectivity index (χ0n) is 15.4. The summed E-state index contributed by atoms with van der Waals surface area (Å²) in [6, 6.07) is 0. The molecule has 0 radical (unpaired) electrons. The lowest BCUT2D eigenvalue weighted by Gasteiger charge is -2.10. The molecule has 0 spiro atoms. The van der Waals surface area contributed by atoms with Gasteiger partial charge in [0.15, 0.2) is 11.2 Å². The van der Waals surface area contributed by atoms with E-state index in [9.17, 15) is 9.59 Å². The van der Waals surface area contributed by atoms with E-state index in [0.717, 1.165) is 12.8 Å². The number of fused-ring (bicyclic) bond motifs is 1. The van der Waals surface area contributed by atoms with Gasteiger partial charge in [-0.25, -0.2) is 4.79 Å². The maximum absolute atomic E-state index is 12.3. The van der Waals surface area contributed by atoms with Crippen LogP contribution in [0.5, 0.6) is 0 Å². The molecule has 2 aromatic rings. The van der Waals surface area contributed by atoms with Crippen LogP contribution in [-0.4, -0.2) is 39.4 Å². The van der Waals surface area contributed by atoms with Crippen LogP contribution in [0.3, 0.4) is 0 Å². The number of aryl methyl sites for hydroxylation is 2. The van der Waals surface area contributed by atoms with Gasteiger partial charge in [0.05, 0.1) is 6.61 Å². The lowest BCUT2D eigenvalue weighted by Crippen LogP contribution is -2.29. The highest BCUT2D eigenvalue weighted by Gasteiger charge is 2.16. The molecule has 0 unspecified atom stereocenters. The molecule has 0 aliphatic carbocycles. The molecule has 0 aromatic carbocycles. The summed E-state index contributed by atoms with van der Waals surface area (Å²) < 4.78 is 8.31. The lowest BCUT2D eigenvalue weighted by molar-refractivity contribution is 0.210. The number of ether oxygens (including phenoxy) is 1. The predicted octanol–water partition coefficient (Wildman–Crippen LogP) is 1.84. The molecule has 0 saturated carbocycles. The number of hydrogen-bond donors (Lipinski definition) is 2. The normalized spacial score (nSPS) is 11.3. The minimum absolute atomic E-state index is 0.392. The number of methoxy groups -OCH3 is 1. The molecule has 0 saturated heterocycles. The average Bonchev–Trinajstić information content (AvgIpc) is 2.95. The summed E-state index contributed by atoms with van der Waals surface area (Å²) >= 11 is 0. The second-order valence-electron chi connectivity index (χ2n) is 6.26. The number of hydrogen-bond acceptors (Lipinski definition) is 5. The third-order valence-corrected chi connectivity index (χ3v) is 4.33.